The lowest BCUT2D eigenvalue weighted by molar-refractivity contribution is -0.135. The minimum absolute atomic E-state index is 0.137. The first kappa shape index (κ1) is 17.4. The van der Waals surface area contributed by atoms with Gasteiger partial charge in [0.1, 0.15) is 0 Å². The van der Waals surface area contributed by atoms with E-state index in [9.17, 15) is 4.79 Å². The molecule has 0 aromatic carbocycles. The molecule has 1 aromatic heterocycles. The Hall–Kier alpha value is -2.05. The average molecular weight is 360 g/mol. The zero-order chi connectivity index (χ0) is 18.1. The number of amides is 1. The van der Waals surface area contributed by atoms with Crippen molar-refractivity contribution in [2.45, 2.75) is 32.1 Å². The molecular formula is C19H28N4O3. The first-order valence-corrected chi connectivity index (χ1v) is 9.68. The maximum absolute atomic E-state index is 12.9. The summed E-state index contributed by atoms with van der Waals surface area (Å²) in [5.41, 5.74) is 0. The normalized spacial score (nSPS) is 26.1. The smallest absolute Gasteiger partial charge is 0.231 e. The Morgan fingerprint density at radius 1 is 1.00 bits per heavy atom. The van der Waals surface area contributed by atoms with Gasteiger partial charge in [-0.3, -0.25) is 4.79 Å². The first-order valence-electron chi connectivity index (χ1n) is 9.68. The van der Waals surface area contributed by atoms with E-state index in [4.69, 9.17) is 9.47 Å². The molecule has 1 aromatic rings. The van der Waals surface area contributed by atoms with Crippen LogP contribution in [-0.2, 0) is 4.79 Å². The summed E-state index contributed by atoms with van der Waals surface area (Å²) in [7, 11) is 3.17. The zero-order valence-corrected chi connectivity index (χ0v) is 15.7. The van der Waals surface area contributed by atoms with Gasteiger partial charge in [-0.25, -0.2) is 0 Å². The number of piperidine rings is 1. The van der Waals surface area contributed by atoms with Gasteiger partial charge in [0.2, 0.25) is 23.6 Å². The third kappa shape index (κ3) is 3.31. The minimum Gasteiger partial charge on any atom is -0.481 e. The largest absolute Gasteiger partial charge is 0.481 e. The third-order valence-electron chi connectivity index (χ3n) is 6.25. The second kappa shape index (κ2) is 7.29. The van der Waals surface area contributed by atoms with Gasteiger partial charge in [0.15, 0.2) is 0 Å². The molecule has 2 saturated heterocycles. The molecule has 7 heteroatoms. The van der Waals surface area contributed by atoms with E-state index in [1.807, 2.05) is 0 Å². The molecule has 0 spiro atoms. The first-order chi connectivity index (χ1) is 12.7. The quantitative estimate of drug-likeness (QED) is 0.818. The van der Waals surface area contributed by atoms with Crippen LogP contribution >= 0.6 is 0 Å². The molecule has 2 unspecified atom stereocenters. The van der Waals surface area contributed by atoms with Crippen molar-refractivity contribution in [1.82, 2.24) is 14.9 Å². The number of nitrogens with zero attached hydrogens (tertiary/aromatic N) is 4. The summed E-state index contributed by atoms with van der Waals surface area (Å²) >= 11 is 0. The predicted octanol–water partition coefficient (Wildman–Crippen LogP) is 1.97. The highest BCUT2D eigenvalue weighted by Crippen LogP contribution is 2.38. The van der Waals surface area contributed by atoms with Gasteiger partial charge in [0.25, 0.3) is 0 Å². The number of methoxy groups -OCH3 is 2. The summed E-state index contributed by atoms with van der Waals surface area (Å²) in [6.07, 6.45) is 5.67. The molecule has 2 aliphatic heterocycles. The number of carbonyl (C=O) groups excluding carboxylic acids is 1. The summed E-state index contributed by atoms with van der Waals surface area (Å²) in [6, 6.07) is 1.67. The number of hydrogen-bond acceptors (Lipinski definition) is 6. The topological polar surface area (TPSA) is 67.8 Å². The van der Waals surface area contributed by atoms with E-state index in [0.717, 1.165) is 50.9 Å². The number of hydrogen-bond donors (Lipinski definition) is 0. The van der Waals surface area contributed by atoms with E-state index < -0.39 is 0 Å². The zero-order valence-electron chi connectivity index (χ0n) is 15.7. The Morgan fingerprint density at radius 3 is 2.12 bits per heavy atom. The fourth-order valence-corrected chi connectivity index (χ4v) is 4.74. The summed E-state index contributed by atoms with van der Waals surface area (Å²) in [6.45, 7) is 3.54. The van der Waals surface area contributed by atoms with Crippen LogP contribution in [0.1, 0.15) is 32.1 Å². The number of anilines is 1. The second-order valence-electron chi connectivity index (χ2n) is 7.71. The van der Waals surface area contributed by atoms with Crippen molar-refractivity contribution in [2.24, 2.45) is 17.8 Å². The van der Waals surface area contributed by atoms with Crippen LogP contribution in [0.2, 0.25) is 0 Å². The molecule has 4 rings (SSSR count). The molecule has 1 amide bonds. The molecule has 1 aliphatic carbocycles. The molecule has 0 N–H and O–H groups in total. The number of carbonyl (C=O) groups is 1. The summed E-state index contributed by atoms with van der Waals surface area (Å²) in [5.74, 6) is 3.62. The number of ether oxygens (including phenoxy) is 2. The van der Waals surface area contributed by atoms with E-state index >= 15 is 0 Å². The van der Waals surface area contributed by atoms with Crippen molar-refractivity contribution in [3.05, 3.63) is 6.07 Å². The summed E-state index contributed by atoms with van der Waals surface area (Å²) in [4.78, 5) is 26.0. The molecular weight excluding hydrogens is 332 g/mol. The highest BCUT2D eigenvalue weighted by Gasteiger charge is 2.40. The Balaban J connectivity index is 1.36. The monoisotopic (exact) mass is 360 g/mol. The molecule has 0 radical (unpaired) electrons. The molecule has 0 bridgehead atoms. The van der Waals surface area contributed by atoms with Crippen LogP contribution in [0.5, 0.6) is 11.8 Å². The van der Waals surface area contributed by atoms with E-state index in [2.05, 4.69) is 19.8 Å². The van der Waals surface area contributed by atoms with E-state index in [1.165, 1.54) is 19.3 Å². The van der Waals surface area contributed by atoms with E-state index in [-0.39, 0.29) is 5.92 Å². The molecule has 3 aliphatic rings. The summed E-state index contributed by atoms with van der Waals surface area (Å²) in [5, 5.41) is 0. The van der Waals surface area contributed by atoms with Crippen molar-refractivity contribution in [3.8, 4) is 11.8 Å². The Kier molecular flexibility index (Phi) is 4.87. The van der Waals surface area contributed by atoms with Gasteiger partial charge in [-0.2, -0.15) is 9.97 Å². The van der Waals surface area contributed by atoms with Crippen molar-refractivity contribution in [3.63, 3.8) is 0 Å². The van der Waals surface area contributed by atoms with Crippen molar-refractivity contribution in [2.75, 3.05) is 45.3 Å². The van der Waals surface area contributed by atoms with Gasteiger partial charge in [-0.05, 0) is 37.5 Å². The van der Waals surface area contributed by atoms with E-state index in [0.29, 0.717) is 23.6 Å². The van der Waals surface area contributed by atoms with Gasteiger partial charge >= 0.3 is 0 Å². The van der Waals surface area contributed by atoms with Crippen LogP contribution in [0.15, 0.2) is 6.07 Å². The maximum atomic E-state index is 12.9. The second-order valence-corrected chi connectivity index (χ2v) is 7.71. The molecule has 26 heavy (non-hydrogen) atoms. The standard InChI is InChI=1S/C19H28N4O3/c1-25-16-10-17(26-2)21-19(20-16)22-8-6-13(7-9-22)18(24)23-11-14-4-3-5-15(14)12-23/h10,13-15H,3-9,11-12H2,1-2H3. The number of likely N-dealkylation sites (tertiary alicyclic amines) is 1. The van der Waals surface area contributed by atoms with Crippen LogP contribution < -0.4 is 14.4 Å². The molecule has 3 fully saturated rings. The van der Waals surface area contributed by atoms with E-state index in [1.54, 1.807) is 20.3 Å². The van der Waals surface area contributed by atoms with Gasteiger partial charge in [-0.1, -0.05) is 6.42 Å². The molecule has 142 valence electrons. The fourth-order valence-electron chi connectivity index (χ4n) is 4.74. The molecule has 2 atom stereocenters. The van der Waals surface area contributed by atoms with Crippen molar-refractivity contribution < 1.29 is 14.3 Å². The Morgan fingerprint density at radius 2 is 1.58 bits per heavy atom. The molecule has 7 nitrogen and oxygen atoms in total. The van der Waals surface area contributed by atoms with Gasteiger partial charge in [-0.15, -0.1) is 0 Å². The maximum Gasteiger partial charge on any atom is 0.231 e. The molecule has 3 heterocycles. The lowest BCUT2D eigenvalue weighted by Crippen LogP contribution is -2.42. The van der Waals surface area contributed by atoms with Crippen molar-refractivity contribution >= 4 is 11.9 Å². The average Bonchev–Trinajstić information content (AvgIpc) is 3.29. The van der Waals surface area contributed by atoms with Crippen LogP contribution in [0, 0.1) is 17.8 Å². The lowest BCUT2D eigenvalue weighted by atomic mass is 9.95. The van der Waals surface area contributed by atoms with Crippen LogP contribution in [0.25, 0.3) is 0 Å². The lowest BCUT2D eigenvalue weighted by Gasteiger charge is -2.33. The molecule has 1 saturated carbocycles. The van der Waals surface area contributed by atoms with Gasteiger partial charge in [0.05, 0.1) is 20.3 Å². The number of aromatic nitrogens is 2. The third-order valence-corrected chi connectivity index (χ3v) is 6.25. The number of rotatable bonds is 4. The fraction of sp³-hybridized carbons (Fsp3) is 0.737. The highest BCUT2D eigenvalue weighted by atomic mass is 16.5. The Bertz CT molecular complexity index is 626. The van der Waals surface area contributed by atoms with Gasteiger partial charge in [0, 0.05) is 32.1 Å². The SMILES string of the molecule is COc1cc(OC)nc(N2CCC(C(=O)N3CC4CCCC4C3)CC2)n1. The van der Waals surface area contributed by atoms with Crippen LogP contribution in [0.4, 0.5) is 5.95 Å². The minimum atomic E-state index is 0.137. The predicted molar refractivity (Wildman–Crippen MR) is 97.5 cm³/mol. The van der Waals surface area contributed by atoms with Gasteiger partial charge < -0.3 is 19.3 Å². The number of fused-ring (bicyclic) bond motifs is 1. The van der Waals surface area contributed by atoms with Crippen LogP contribution in [-0.4, -0.2) is 61.2 Å². The highest BCUT2D eigenvalue weighted by molar-refractivity contribution is 5.79. The Labute approximate surface area is 154 Å². The summed E-state index contributed by atoms with van der Waals surface area (Å²) < 4.78 is 10.5. The van der Waals surface area contributed by atoms with Crippen molar-refractivity contribution in [1.29, 1.82) is 0 Å². The van der Waals surface area contributed by atoms with Crippen LogP contribution in [0.3, 0.4) is 0 Å².